The first-order valence-electron chi connectivity index (χ1n) is 17.6. The molecule has 0 bridgehead atoms. The van der Waals surface area contributed by atoms with Crippen LogP contribution in [0.25, 0.3) is 0 Å². The Kier molecular flexibility index (Phi) is 33.5. The lowest BCUT2D eigenvalue weighted by Crippen LogP contribution is -2.05. The summed E-state index contributed by atoms with van der Waals surface area (Å²) in [5.74, 6) is 0. The van der Waals surface area contributed by atoms with E-state index in [1.807, 2.05) is 0 Å². The summed E-state index contributed by atoms with van der Waals surface area (Å²) < 4.78 is 0. The van der Waals surface area contributed by atoms with E-state index in [2.05, 4.69) is 26.0 Å². The molecule has 1 nitrogen and oxygen atoms in total. The second-order valence-electron chi connectivity index (χ2n) is 12.1. The molecule has 0 saturated heterocycles. The number of hydrogen-bond acceptors (Lipinski definition) is 1. The van der Waals surface area contributed by atoms with E-state index in [0.717, 1.165) is 12.8 Å². The maximum absolute atomic E-state index is 10.3. The van der Waals surface area contributed by atoms with Gasteiger partial charge in [0.15, 0.2) is 0 Å². The molecule has 0 amide bonds. The van der Waals surface area contributed by atoms with Crippen LogP contribution in [0.5, 0.6) is 0 Å². The molecule has 0 aromatic rings. The Morgan fingerprint density at radius 2 is 0.595 bits per heavy atom. The van der Waals surface area contributed by atoms with Crippen LogP contribution < -0.4 is 0 Å². The van der Waals surface area contributed by atoms with E-state index < -0.39 is 0 Å². The largest absolute Gasteiger partial charge is 0.393 e. The van der Waals surface area contributed by atoms with E-state index in [9.17, 15) is 5.11 Å². The van der Waals surface area contributed by atoms with Gasteiger partial charge in [0.25, 0.3) is 0 Å². The molecule has 0 aliphatic carbocycles. The molecule has 0 aliphatic heterocycles. The van der Waals surface area contributed by atoms with E-state index in [0.29, 0.717) is 0 Å². The van der Waals surface area contributed by atoms with Crippen molar-refractivity contribution in [1.29, 1.82) is 0 Å². The minimum absolute atomic E-state index is 0.0428. The van der Waals surface area contributed by atoms with Crippen LogP contribution in [-0.2, 0) is 0 Å². The Labute approximate surface area is 236 Å². The van der Waals surface area contributed by atoms with Gasteiger partial charge in [-0.05, 0) is 38.5 Å². The van der Waals surface area contributed by atoms with Crippen molar-refractivity contribution >= 4 is 0 Å². The highest BCUT2D eigenvalue weighted by atomic mass is 16.3. The minimum atomic E-state index is -0.0428. The molecule has 0 aromatic heterocycles. The molecule has 1 unspecified atom stereocenters. The molecule has 1 N–H and O–H groups in total. The highest BCUT2D eigenvalue weighted by Gasteiger charge is 2.04. The fourth-order valence-corrected chi connectivity index (χ4v) is 5.52. The topological polar surface area (TPSA) is 20.2 Å². The van der Waals surface area contributed by atoms with Gasteiger partial charge in [-0.3, -0.25) is 0 Å². The van der Waals surface area contributed by atoms with Crippen molar-refractivity contribution in [1.82, 2.24) is 0 Å². The standard InChI is InChI=1S/C36H72O/c1-3-5-7-9-11-13-15-17-19-21-23-25-27-29-31-33-35-36(37)34-32-30-28-26-24-22-20-18-16-14-12-10-8-6-4-2/h17,19,36-37H,3-16,18,20-35H2,1-2H3. The summed E-state index contributed by atoms with van der Waals surface area (Å²) in [4.78, 5) is 0. The first-order valence-corrected chi connectivity index (χ1v) is 17.6. The number of aliphatic hydroxyl groups excluding tert-OH is 1. The van der Waals surface area contributed by atoms with Gasteiger partial charge >= 0.3 is 0 Å². The zero-order chi connectivity index (χ0) is 26.9. The molecule has 0 heterocycles. The summed E-state index contributed by atoms with van der Waals surface area (Å²) in [5, 5.41) is 10.3. The van der Waals surface area contributed by atoms with Gasteiger partial charge in [0.05, 0.1) is 6.10 Å². The number of aliphatic hydroxyl groups is 1. The van der Waals surface area contributed by atoms with Crippen LogP contribution in [-0.4, -0.2) is 11.2 Å². The van der Waals surface area contributed by atoms with Gasteiger partial charge in [-0.1, -0.05) is 187 Å². The van der Waals surface area contributed by atoms with Gasteiger partial charge < -0.3 is 5.11 Å². The molecule has 0 spiro atoms. The molecule has 1 atom stereocenters. The van der Waals surface area contributed by atoms with Crippen molar-refractivity contribution < 1.29 is 5.11 Å². The lowest BCUT2D eigenvalue weighted by atomic mass is 10.0. The maximum Gasteiger partial charge on any atom is 0.0540 e. The Hall–Kier alpha value is -0.300. The van der Waals surface area contributed by atoms with Crippen molar-refractivity contribution in [3.63, 3.8) is 0 Å². The SMILES string of the molecule is CCCCCCCCC=CCCCCCCCCC(O)CCCCCCCCCCCCCCCCC. The number of allylic oxidation sites excluding steroid dienone is 2. The molecular weight excluding hydrogens is 448 g/mol. The minimum Gasteiger partial charge on any atom is -0.393 e. The molecule has 0 saturated carbocycles. The summed E-state index contributed by atoms with van der Waals surface area (Å²) in [6.07, 6.45) is 47.0. The van der Waals surface area contributed by atoms with Crippen LogP contribution in [0, 0.1) is 0 Å². The Bertz CT molecular complexity index is 415. The van der Waals surface area contributed by atoms with Gasteiger partial charge in [0.1, 0.15) is 0 Å². The molecule has 1 heteroatoms. The van der Waals surface area contributed by atoms with Crippen molar-refractivity contribution in [3.8, 4) is 0 Å². The van der Waals surface area contributed by atoms with Gasteiger partial charge in [-0.15, -0.1) is 0 Å². The van der Waals surface area contributed by atoms with Crippen LogP contribution in [0.3, 0.4) is 0 Å². The van der Waals surface area contributed by atoms with Crippen molar-refractivity contribution in [2.24, 2.45) is 0 Å². The lowest BCUT2D eigenvalue weighted by Gasteiger charge is -2.10. The quantitative estimate of drug-likeness (QED) is 0.0690. The normalized spacial score (nSPS) is 12.6. The van der Waals surface area contributed by atoms with Crippen LogP contribution in [0.2, 0.25) is 0 Å². The molecule has 0 radical (unpaired) electrons. The van der Waals surface area contributed by atoms with E-state index in [1.165, 1.54) is 186 Å². The number of hydrogen-bond donors (Lipinski definition) is 1. The van der Waals surface area contributed by atoms with E-state index in [4.69, 9.17) is 0 Å². The highest BCUT2D eigenvalue weighted by Crippen LogP contribution is 2.16. The Morgan fingerprint density at radius 1 is 0.351 bits per heavy atom. The third-order valence-electron chi connectivity index (χ3n) is 8.19. The highest BCUT2D eigenvalue weighted by molar-refractivity contribution is 4.81. The number of unbranched alkanes of at least 4 members (excludes halogenated alkanes) is 26. The molecule has 0 aromatic carbocycles. The predicted molar refractivity (Wildman–Crippen MR) is 170 cm³/mol. The van der Waals surface area contributed by atoms with Crippen LogP contribution in [0.1, 0.15) is 213 Å². The zero-order valence-electron chi connectivity index (χ0n) is 26.1. The first kappa shape index (κ1) is 36.7. The summed E-state index contributed by atoms with van der Waals surface area (Å²) in [6, 6.07) is 0. The fourth-order valence-electron chi connectivity index (χ4n) is 5.52. The third-order valence-corrected chi connectivity index (χ3v) is 8.19. The van der Waals surface area contributed by atoms with Crippen LogP contribution in [0.15, 0.2) is 12.2 Å². The van der Waals surface area contributed by atoms with Crippen molar-refractivity contribution in [2.75, 3.05) is 0 Å². The van der Waals surface area contributed by atoms with Gasteiger partial charge in [-0.2, -0.15) is 0 Å². The predicted octanol–water partition coefficient (Wildman–Crippen LogP) is 13.0. The molecule has 37 heavy (non-hydrogen) atoms. The first-order chi connectivity index (χ1) is 18.3. The van der Waals surface area contributed by atoms with Gasteiger partial charge in [0.2, 0.25) is 0 Å². The Morgan fingerprint density at radius 3 is 0.892 bits per heavy atom. The third kappa shape index (κ3) is 33.7. The van der Waals surface area contributed by atoms with Crippen molar-refractivity contribution in [3.05, 3.63) is 12.2 Å². The van der Waals surface area contributed by atoms with Crippen LogP contribution >= 0.6 is 0 Å². The average Bonchev–Trinajstić information content (AvgIpc) is 2.90. The second kappa shape index (κ2) is 33.7. The molecule has 0 rings (SSSR count). The fraction of sp³-hybridized carbons (Fsp3) is 0.944. The zero-order valence-corrected chi connectivity index (χ0v) is 26.1. The smallest absolute Gasteiger partial charge is 0.0540 e. The maximum atomic E-state index is 10.3. The average molecular weight is 521 g/mol. The van der Waals surface area contributed by atoms with E-state index in [-0.39, 0.29) is 6.10 Å². The summed E-state index contributed by atoms with van der Waals surface area (Å²) in [6.45, 7) is 4.58. The van der Waals surface area contributed by atoms with Crippen molar-refractivity contribution in [2.45, 2.75) is 219 Å². The van der Waals surface area contributed by atoms with Crippen LogP contribution in [0.4, 0.5) is 0 Å². The molecule has 0 aliphatic rings. The summed E-state index contributed by atoms with van der Waals surface area (Å²) >= 11 is 0. The second-order valence-corrected chi connectivity index (χ2v) is 12.1. The summed E-state index contributed by atoms with van der Waals surface area (Å²) in [7, 11) is 0. The molecule has 0 fully saturated rings. The molecular formula is C36H72O. The van der Waals surface area contributed by atoms with Gasteiger partial charge in [0, 0.05) is 0 Å². The van der Waals surface area contributed by atoms with E-state index >= 15 is 0 Å². The van der Waals surface area contributed by atoms with Gasteiger partial charge in [-0.25, -0.2) is 0 Å². The molecule has 222 valence electrons. The monoisotopic (exact) mass is 521 g/mol. The van der Waals surface area contributed by atoms with E-state index in [1.54, 1.807) is 0 Å². The summed E-state index contributed by atoms with van der Waals surface area (Å²) in [5.41, 5.74) is 0. The Balaban J connectivity index is 3.18. The lowest BCUT2D eigenvalue weighted by molar-refractivity contribution is 0.147. The number of rotatable bonds is 32.